The normalized spacial score (nSPS) is 16.1. The van der Waals surface area contributed by atoms with Gasteiger partial charge in [0.2, 0.25) is 0 Å². The van der Waals surface area contributed by atoms with Gasteiger partial charge < -0.3 is 14.6 Å². The van der Waals surface area contributed by atoms with Crippen molar-refractivity contribution in [1.29, 1.82) is 0 Å². The van der Waals surface area contributed by atoms with Gasteiger partial charge >= 0.3 is 10.2 Å². The van der Waals surface area contributed by atoms with Crippen molar-refractivity contribution in [2.24, 2.45) is 0 Å². The lowest BCUT2D eigenvalue weighted by atomic mass is 10.1. The first-order chi connectivity index (χ1) is 15.2. The van der Waals surface area contributed by atoms with Gasteiger partial charge in [0, 0.05) is 5.39 Å². The van der Waals surface area contributed by atoms with Crippen LogP contribution >= 0.6 is 0 Å². The molecule has 1 aliphatic rings. The van der Waals surface area contributed by atoms with Crippen LogP contribution in [0.15, 0.2) is 54.6 Å². The molecule has 168 valence electrons. The van der Waals surface area contributed by atoms with E-state index in [1.807, 2.05) is 35.1 Å². The van der Waals surface area contributed by atoms with Crippen LogP contribution in [0.5, 0.6) is 11.5 Å². The fraction of sp³-hybridized carbons (Fsp3) is 0.227. The summed E-state index contributed by atoms with van der Waals surface area (Å²) in [6, 6.07) is 15.3. The van der Waals surface area contributed by atoms with Gasteiger partial charge in [-0.1, -0.05) is 36.4 Å². The Morgan fingerprint density at radius 3 is 2.56 bits per heavy atom. The molecule has 2 N–H and O–H groups in total. The van der Waals surface area contributed by atoms with E-state index >= 15 is 4.39 Å². The topological polar surface area (TPSA) is 105 Å². The molecule has 4 rings (SSSR count). The molecule has 1 aliphatic heterocycles. The van der Waals surface area contributed by atoms with Crippen molar-refractivity contribution in [1.82, 2.24) is 4.72 Å². The highest BCUT2D eigenvalue weighted by Crippen LogP contribution is 2.40. The maximum atomic E-state index is 15.7. The van der Waals surface area contributed by atoms with Gasteiger partial charge in [-0.2, -0.15) is 8.42 Å². The molecule has 0 saturated carbocycles. The Kier molecular flexibility index (Phi) is 5.90. The predicted octanol–water partition coefficient (Wildman–Crippen LogP) is 2.50. The molecular formula is C22H21FN2O6S. The van der Waals surface area contributed by atoms with Crippen LogP contribution in [0.25, 0.3) is 10.8 Å². The van der Waals surface area contributed by atoms with Crippen molar-refractivity contribution in [3.8, 4) is 11.5 Å². The third-order valence-corrected chi connectivity index (χ3v) is 6.16. The van der Waals surface area contributed by atoms with Crippen molar-refractivity contribution < 1.29 is 32.2 Å². The zero-order chi connectivity index (χ0) is 22.9. The Bertz CT molecular complexity index is 1260. The number of aliphatic hydroxyl groups excluding tert-OH is 1. The predicted molar refractivity (Wildman–Crippen MR) is 116 cm³/mol. The lowest BCUT2D eigenvalue weighted by molar-refractivity contribution is -0.117. The van der Waals surface area contributed by atoms with Crippen LogP contribution in [0, 0.1) is 5.82 Å². The summed E-state index contributed by atoms with van der Waals surface area (Å²) in [5, 5.41) is 9.95. The summed E-state index contributed by atoms with van der Waals surface area (Å²) < 4.78 is 54.4. The number of carbonyl (C=O) groups is 1. The van der Waals surface area contributed by atoms with Gasteiger partial charge in [0.25, 0.3) is 5.91 Å². The van der Waals surface area contributed by atoms with E-state index in [1.165, 1.54) is 12.1 Å². The third-order valence-electron chi connectivity index (χ3n) is 4.79. The molecular weight excluding hydrogens is 439 g/mol. The minimum Gasteiger partial charge on any atom is -0.491 e. The number of fused-ring (bicyclic) bond motifs is 1. The second-order valence-corrected chi connectivity index (χ2v) is 8.99. The van der Waals surface area contributed by atoms with Gasteiger partial charge in [-0.15, -0.1) is 0 Å². The summed E-state index contributed by atoms with van der Waals surface area (Å²) in [4.78, 5) is 11.8. The Balaban J connectivity index is 1.81. The Hall–Kier alpha value is -3.37. The summed E-state index contributed by atoms with van der Waals surface area (Å²) >= 11 is 0. The summed E-state index contributed by atoms with van der Waals surface area (Å²) in [5.41, 5.74) is 0.443. The smallest absolute Gasteiger partial charge is 0.326 e. The molecule has 3 aromatic rings. The Morgan fingerprint density at radius 1 is 1.16 bits per heavy atom. The fourth-order valence-electron chi connectivity index (χ4n) is 3.33. The molecule has 1 saturated heterocycles. The number of ether oxygens (including phenoxy) is 2. The number of halogens is 1. The van der Waals surface area contributed by atoms with Gasteiger partial charge in [-0.25, -0.2) is 13.4 Å². The maximum absolute atomic E-state index is 15.7. The van der Waals surface area contributed by atoms with E-state index in [4.69, 9.17) is 9.47 Å². The Morgan fingerprint density at radius 2 is 1.91 bits per heavy atom. The molecule has 1 unspecified atom stereocenters. The first kappa shape index (κ1) is 21.8. The van der Waals surface area contributed by atoms with Gasteiger partial charge in [-0.05, 0) is 36.1 Å². The fourth-order valence-corrected chi connectivity index (χ4v) is 4.49. The number of nitrogens with one attached hydrogen (secondary N) is 1. The molecule has 0 aliphatic carbocycles. The molecule has 8 nitrogen and oxygen atoms in total. The van der Waals surface area contributed by atoms with Crippen LogP contribution in [-0.4, -0.2) is 38.7 Å². The van der Waals surface area contributed by atoms with Crippen molar-refractivity contribution in [3.63, 3.8) is 0 Å². The SMILES string of the molecule is CC(O)COc1ccc2cc(OCc3ccccc3)c(N3CC(=O)NS3(=O)=O)c(F)c2c1. The van der Waals surface area contributed by atoms with Crippen molar-refractivity contribution >= 4 is 32.6 Å². The van der Waals surface area contributed by atoms with Crippen molar-refractivity contribution in [2.45, 2.75) is 19.6 Å². The van der Waals surface area contributed by atoms with Gasteiger partial charge in [0.1, 0.15) is 36.9 Å². The molecule has 0 spiro atoms. The van der Waals surface area contributed by atoms with E-state index in [-0.39, 0.29) is 30.0 Å². The third kappa shape index (κ3) is 4.46. The number of anilines is 1. The van der Waals surface area contributed by atoms with E-state index < -0.39 is 34.6 Å². The molecule has 1 heterocycles. The largest absolute Gasteiger partial charge is 0.491 e. The van der Waals surface area contributed by atoms with E-state index in [0.29, 0.717) is 15.4 Å². The van der Waals surface area contributed by atoms with Crippen molar-refractivity contribution in [3.05, 3.63) is 66.0 Å². The molecule has 0 radical (unpaired) electrons. The quantitative estimate of drug-likeness (QED) is 0.561. The summed E-state index contributed by atoms with van der Waals surface area (Å²) in [7, 11) is -4.27. The van der Waals surface area contributed by atoms with Crippen molar-refractivity contribution in [2.75, 3.05) is 17.5 Å². The molecule has 1 atom stereocenters. The number of hydrogen-bond acceptors (Lipinski definition) is 6. The average molecular weight is 460 g/mol. The standard InChI is InChI=1S/C22H21FN2O6S/c1-14(26)12-30-17-8-7-16-9-19(31-13-15-5-3-2-4-6-15)22(21(23)18(16)10-17)25-11-20(27)24-32(25,28)29/h2-10,14,26H,11-13H2,1H3,(H,24,27). The zero-order valence-corrected chi connectivity index (χ0v) is 17.9. The number of benzene rings is 3. The highest BCUT2D eigenvalue weighted by atomic mass is 32.2. The number of hydrogen-bond donors (Lipinski definition) is 2. The van der Waals surface area contributed by atoms with E-state index in [2.05, 4.69) is 0 Å². The molecule has 32 heavy (non-hydrogen) atoms. The molecule has 3 aromatic carbocycles. The number of carbonyl (C=O) groups excluding carboxylic acids is 1. The number of rotatable bonds is 7. The highest BCUT2D eigenvalue weighted by molar-refractivity contribution is 7.92. The van der Waals surface area contributed by atoms with E-state index in [9.17, 15) is 18.3 Å². The second kappa shape index (κ2) is 8.64. The number of amides is 1. The van der Waals surface area contributed by atoms with Crippen LogP contribution in [-0.2, 0) is 21.6 Å². The average Bonchev–Trinajstić information content (AvgIpc) is 3.03. The maximum Gasteiger partial charge on any atom is 0.326 e. The minimum absolute atomic E-state index is 0.0111. The summed E-state index contributed by atoms with van der Waals surface area (Å²) in [6.07, 6.45) is -0.716. The second-order valence-electron chi connectivity index (χ2n) is 7.39. The molecule has 1 amide bonds. The summed E-state index contributed by atoms with van der Waals surface area (Å²) in [6.45, 7) is 1.07. The van der Waals surface area contributed by atoms with Crippen LogP contribution in [0.4, 0.5) is 10.1 Å². The molecule has 0 aromatic heterocycles. The number of nitrogens with zero attached hydrogens (tertiary/aromatic N) is 1. The lowest BCUT2D eigenvalue weighted by Crippen LogP contribution is -2.30. The van der Waals surface area contributed by atoms with Gasteiger partial charge in [0.05, 0.1) is 6.10 Å². The minimum atomic E-state index is -4.27. The van der Waals surface area contributed by atoms with Crippen LogP contribution in [0.2, 0.25) is 0 Å². The monoisotopic (exact) mass is 460 g/mol. The van der Waals surface area contributed by atoms with Crippen LogP contribution in [0.1, 0.15) is 12.5 Å². The first-order valence-corrected chi connectivity index (χ1v) is 11.3. The van der Waals surface area contributed by atoms with E-state index in [0.717, 1.165) is 5.56 Å². The zero-order valence-electron chi connectivity index (χ0n) is 17.1. The van der Waals surface area contributed by atoms with Crippen LogP contribution < -0.4 is 18.5 Å². The number of aliphatic hydroxyl groups is 1. The lowest BCUT2D eigenvalue weighted by Gasteiger charge is -2.21. The van der Waals surface area contributed by atoms with Gasteiger partial charge in [0.15, 0.2) is 5.82 Å². The first-order valence-electron chi connectivity index (χ1n) is 9.82. The molecule has 10 heteroatoms. The highest BCUT2D eigenvalue weighted by Gasteiger charge is 2.38. The molecule has 1 fully saturated rings. The Labute approximate surface area is 184 Å². The van der Waals surface area contributed by atoms with Crippen LogP contribution in [0.3, 0.4) is 0 Å². The summed E-state index contributed by atoms with van der Waals surface area (Å²) in [5.74, 6) is -1.35. The van der Waals surface area contributed by atoms with Gasteiger partial charge in [-0.3, -0.25) is 4.79 Å². The molecule has 0 bridgehead atoms. The van der Waals surface area contributed by atoms with E-state index in [1.54, 1.807) is 19.1 Å².